The van der Waals surface area contributed by atoms with Crippen molar-refractivity contribution in [2.75, 3.05) is 0 Å². The summed E-state index contributed by atoms with van der Waals surface area (Å²) in [6, 6.07) is 45.9. The monoisotopic (exact) mass is 723 g/mol. The Balaban J connectivity index is 0.933. The molecule has 11 nitrogen and oxygen atoms in total. The normalized spacial score (nSPS) is 11.3. The molecule has 0 amide bonds. The van der Waals surface area contributed by atoms with Crippen molar-refractivity contribution in [3.63, 3.8) is 0 Å². The Kier molecular flexibility index (Phi) is 8.85. The van der Waals surface area contributed by atoms with Crippen LogP contribution in [0.4, 0.5) is 0 Å². The molecule has 0 aliphatic rings. The van der Waals surface area contributed by atoms with E-state index in [4.69, 9.17) is 19.4 Å². The molecule has 9 aromatic rings. The van der Waals surface area contributed by atoms with E-state index >= 15 is 0 Å². The molecule has 0 aliphatic carbocycles. The number of benzene rings is 5. The number of phenols is 1. The summed E-state index contributed by atoms with van der Waals surface area (Å²) in [5.41, 5.74) is 5.86. The van der Waals surface area contributed by atoms with Gasteiger partial charge in [0.15, 0.2) is 0 Å². The van der Waals surface area contributed by atoms with Crippen LogP contribution < -0.4 is 15.0 Å². The third-order valence-electron chi connectivity index (χ3n) is 9.32. The van der Waals surface area contributed by atoms with Gasteiger partial charge in [-0.2, -0.15) is 4.80 Å². The zero-order chi connectivity index (χ0) is 37.1. The van der Waals surface area contributed by atoms with Gasteiger partial charge >= 0.3 is 0 Å². The van der Waals surface area contributed by atoms with E-state index in [9.17, 15) is 9.90 Å². The fourth-order valence-corrected chi connectivity index (χ4v) is 6.62. The first kappa shape index (κ1) is 33.4. The van der Waals surface area contributed by atoms with Crippen LogP contribution in [-0.4, -0.2) is 39.8 Å². The summed E-state index contributed by atoms with van der Waals surface area (Å²) >= 11 is 0. The predicted octanol–water partition coefficient (Wildman–Crippen LogP) is 7.71. The Morgan fingerprint density at radius 1 is 0.582 bits per heavy atom. The summed E-state index contributed by atoms with van der Waals surface area (Å²) in [5, 5.41) is 26.3. The Bertz CT molecular complexity index is 2900. The number of phenolic OH excluding ortho intramolecular Hbond substituents is 1. The van der Waals surface area contributed by atoms with Gasteiger partial charge in [-0.05, 0) is 89.1 Å². The molecule has 55 heavy (non-hydrogen) atoms. The van der Waals surface area contributed by atoms with Crippen LogP contribution in [0.5, 0.6) is 17.2 Å². The van der Waals surface area contributed by atoms with E-state index in [0.717, 1.165) is 44.3 Å². The minimum absolute atomic E-state index is 0.0801. The number of ether oxygens (including phenoxy) is 2. The molecule has 1 N–H and O–H groups in total. The van der Waals surface area contributed by atoms with Crippen molar-refractivity contribution in [2.24, 2.45) is 0 Å². The van der Waals surface area contributed by atoms with E-state index in [0.29, 0.717) is 42.2 Å². The average molecular weight is 724 g/mol. The van der Waals surface area contributed by atoms with Crippen LogP contribution in [0.3, 0.4) is 0 Å². The maximum Gasteiger partial charge on any atom is 0.262 e. The van der Waals surface area contributed by atoms with Crippen LogP contribution in [0, 0.1) is 0 Å². The summed E-state index contributed by atoms with van der Waals surface area (Å²) < 4.78 is 13.9. The van der Waals surface area contributed by atoms with Gasteiger partial charge in [-0.1, -0.05) is 72.8 Å². The fraction of sp³-hybridized carbons (Fsp3) is 0.0909. The first-order valence-electron chi connectivity index (χ1n) is 17.8. The maximum absolute atomic E-state index is 14.2. The number of fused-ring (bicyclic) bond motifs is 3. The summed E-state index contributed by atoms with van der Waals surface area (Å²) in [5.74, 6) is 1.60. The predicted molar refractivity (Wildman–Crippen MR) is 210 cm³/mol. The molecule has 0 spiro atoms. The number of aromatic hydroxyl groups is 1. The topological polar surface area (TPSA) is 130 Å². The van der Waals surface area contributed by atoms with Gasteiger partial charge in [0.2, 0.25) is 5.82 Å². The van der Waals surface area contributed by atoms with E-state index in [-0.39, 0.29) is 29.2 Å². The smallest absolute Gasteiger partial charge is 0.262 e. The third kappa shape index (κ3) is 7.31. The summed E-state index contributed by atoms with van der Waals surface area (Å²) in [6.07, 6.45) is 0. The molecule has 4 heterocycles. The summed E-state index contributed by atoms with van der Waals surface area (Å²) in [4.78, 5) is 25.0. The first-order chi connectivity index (χ1) is 27.0. The van der Waals surface area contributed by atoms with Crippen LogP contribution in [0.2, 0.25) is 0 Å². The lowest BCUT2D eigenvalue weighted by Gasteiger charge is -2.14. The maximum atomic E-state index is 14.2. The van der Waals surface area contributed by atoms with Gasteiger partial charge in [-0.3, -0.25) is 4.79 Å². The first-order valence-corrected chi connectivity index (χ1v) is 17.8. The lowest BCUT2D eigenvalue weighted by atomic mass is 10.1. The Morgan fingerprint density at radius 2 is 1.20 bits per heavy atom. The van der Waals surface area contributed by atoms with Gasteiger partial charge in [0.1, 0.15) is 30.5 Å². The van der Waals surface area contributed by atoms with Crippen LogP contribution >= 0.6 is 0 Å². The molecule has 0 saturated heterocycles. The number of pyridine rings is 3. The van der Waals surface area contributed by atoms with Crippen molar-refractivity contribution in [1.82, 2.24) is 34.7 Å². The zero-order valence-electron chi connectivity index (χ0n) is 29.5. The molecular formula is C44H33N7O4. The molecule has 11 heteroatoms. The number of hydrogen-bond donors (Lipinski definition) is 1. The Hall–Kier alpha value is -7.40. The number of aromatic nitrogens is 7. The standard InChI is InChI=1S/C44H33N7O4/c52-36-19-20-42-33(23-36)24-39(44(53)50(42)25-29-7-5-11-37(21-29)54-27-34-17-15-31-9-1-3-13-40(31)45-34)43-47-49-51(48-43)26-30-8-6-12-38(22-30)55-28-35-18-16-32-10-2-4-14-41(32)46-35/h1-24,52H,25-28H2. The van der Waals surface area contributed by atoms with Crippen molar-refractivity contribution in [2.45, 2.75) is 26.3 Å². The lowest BCUT2D eigenvalue weighted by Crippen LogP contribution is -2.23. The number of rotatable bonds is 11. The van der Waals surface area contributed by atoms with Crippen LogP contribution in [-0.2, 0) is 26.3 Å². The highest BCUT2D eigenvalue weighted by Gasteiger charge is 2.17. The minimum Gasteiger partial charge on any atom is -0.508 e. The second kappa shape index (κ2) is 14.6. The summed E-state index contributed by atoms with van der Waals surface area (Å²) in [7, 11) is 0. The number of tetrazole rings is 1. The van der Waals surface area contributed by atoms with E-state index in [1.54, 1.807) is 28.8 Å². The second-order valence-corrected chi connectivity index (χ2v) is 13.2. The van der Waals surface area contributed by atoms with Gasteiger partial charge in [-0.15, -0.1) is 10.2 Å². The molecule has 0 fully saturated rings. The molecule has 0 saturated carbocycles. The molecule has 268 valence electrons. The van der Waals surface area contributed by atoms with Gasteiger partial charge in [0.25, 0.3) is 5.56 Å². The van der Waals surface area contributed by atoms with Crippen LogP contribution in [0.1, 0.15) is 22.5 Å². The molecule has 0 aliphatic heterocycles. The SMILES string of the molecule is O=c1c(-c2nnn(Cc3cccc(OCc4ccc5ccccc5n4)c3)n2)cc2cc(O)ccc2n1Cc1cccc(OCc2ccc3ccccc3n2)c1. The molecule has 0 atom stereocenters. The van der Waals surface area contributed by atoms with Gasteiger partial charge in [0.05, 0.1) is 46.6 Å². The van der Waals surface area contributed by atoms with Crippen molar-refractivity contribution >= 4 is 32.7 Å². The van der Waals surface area contributed by atoms with Gasteiger partial charge in [0, 0.05) is 16.2 Å². The molecule has 0 bridgehead atoms. The van der Waals surface area contributed by atoms with E-state index < -0.39 is 0 Å². The average Bonchev–Trinajstić information content (AvgIpc) is 3.68. The second-order valence-electron chi connectivity index (χ2n) is 13.2. The van der Waals surface area contributed by atoms with Crippen molar-refractivity contribution < 1.29 is 14.6 Å². The fourth-order valence-electron chi connectivity index (χ4n) is 6.62. The Labute approximate surface area is 314 Å². The largest absolute Gasteiger partial charge is 0.508 e. The molecule has 0 radical (unpaired) electrons. The number of para-hydroxylation sites is 2. The van der Waals surface area contributed by atoms with Crippen LogP contribution in [0.25, 0.3) is 44.1 Å². The molecule has 9 rings (SSSR count). The van der Waals surface area contributed by atoms with E-state index in [1.807, 2.05) is 121 Å². The molecule has 4 aromatic heterocycles. The van der Waals surface area contributed by atoms with Crippen molar-refractivity contribution in [1.29, 1.82) is 0 Å². The highest BCUT2D eigenvalue weighted by molar-refractivity contribution is 5.84. The minimum atomic E-state index is -0.290. The van der Waals surface area contributed by atoms with Gasteiger partial charge in [-0.25, -0.2) is 9.97 Å². The quantitative estimate of drug-likeness (QED) is 0.143. The summed E-state index contributed by atoms with van der Waals surface area (Å²) in [6.45, 7) is 1.18. The number of hydrogen-bond acceptors (Lipinski definition) is 9. The zero-order valence-corrected chi connectivity index (χ0v) is 29.5. The molecule has 0 unspecified atom stereocenters. The third-order valence-corrected chi connectivity index (χ3v) is 9.32. The highest BCUT2D eigenvalue weighted by atomic mass is 16.5. The lowest BCUT2D eigenvalue weighted by molar-refractivity contribution is 0.301. The van der Waals surface area contributed by atoms with Crippen molar-refractivity contribution in [3.05, 3.63) is 178 Å². The molecular weight excluding hydrogens is 691 g/mol. The molecule has 5 aromatic carbocycles. The van der Waals surface area contributed by atoms with E-state index in [2.05, 4.69) is 15.4 Å². The van der Waals surface area contributed by atoms with Crippen molar-refractivity contribution in [3.8, 4) is 28.6 Å². The van der Waals surface area contributed by atoms with Crippen LogP contribution in [0.15, 0.2) is 150 Å². The number of nitrogens with zero attached hydrogens (tertiary/aromatic N) is 7. The van der Waals surface area contributed by atoms with E-state index in [1.165, 1.54) is 4.80 Å². The highest BCUT2D eigenvalue weighted by Crippen LogP contribution is 2.25. The Morgan fingerprint density at radius 3 is 1.85 bits per heavy atom. The van der Waals surface area contributed by atoms with Gasteiger partial charge < -0.3 is 19.1 Å².